The summed E-state index contributed by atoms with van der Waals surface area (Å²) in [7, 11) is 0. The Balaban J connectivity index is 2.38. The third-order valence-corrected chi connectivity index (χ3v) is 2.10. The van der Waals surface area contributed by atoms with Gasteiger partial charge in [-0.1, -0.05) is 6.92 Å². The normalized spacial score (nSPS) is 16.5. The Labute approximate surface area is 66.0 Å². The second-order valence-electron chi connectivity index (χ2n) is 2.75. The van der Waals surface area contributed by atoms with Gasteiger partial charge in [0.15, 0.2) is 0 Å². The van der Waals surface area contributed by atoms with Crippen LogP contribution in [0.2, 0.25) is 0 Å². The molecule has 2 rings (SSSR count). The van der Waals surface area contributed by atoms with Gasteiger partial charge in [0.2, 0.25) is 0 Å². The van der Waals surface area contributed by atoms with Crippen molar-refractivity contribution in [1.82, 2.24) is 9.78 Å². The summed E-state index contributed by atoms with van der Waals surface area (Å²) in [5, 5.41) is 4.26. The molecule has 0 fully saturated rings. The Morgan fingerprint density at radius 3 is 3.45 bits per heavy atom. The van der Waals surface area contributed by atoms with E-state index in [1.165, 1.54) is 11.3 Å². The Morgan fingerprint density at radius 1 is 1.73 bits per heavy atom. The van der Waals surface area contributed by atoms with Gasteiger partial charge in [0.1, 0.15) is 0 Å². The number of nitrogens with zero attached hydrogens (tertiary/aromatic N) is 2. The molecule has 0 bridgehead atoms. The smallest absolute Gasteiger partial charge is 0.0888 e. The zero-order valence-corrected chi connectivity index (χ0v) is 6.71. The first kappa shape index (κ1) is 6.85. The molecule has 0 saturated heterocycles. The molecule has 1 aliphatic rings. The second kappa shape index (κ2) is 2.66. The predicted molar refractivity (Wildman–Crippen MR) is 41.3 cm³/mol. The minimum atomic E-state index is 0.739. The van der Waals surface area contributed by atoms with Crippen molar-refractivity contribution in [3.05, 3.63) is 17.5 Å². The third-order valence-electron chi connectivity index (χ3n) is 2.10. The number of hydrogen-bond acceptors (Lipinski definition) is 2. The molecule has 0 radical (unpaired) electrons. The lowest BCUT2D eigenvalue weighted by Gasteiger charge is -2.14. The molecule has 1 aliphatic heterocycles. The number of hydrogen-bond donors (Lipinski definition) is 0. The van der Waals surface area contributed by atoms with Gasteiger partial charge in [0, 0.05) is 0 Å². The lowest BCUT2D eigenvalue weighted by molar-refractivity contribution is 0.0794. The SMILES string of the molecule is CCc1cnn2c1COCC2. The number of rotatable bonds is 1. The Bertz CT molecular complexity index is 241. The van der Waals surface area contributed by atoms with Crippen LogP contribution < -0.4 is 0 Å². The van der Waals surface area contributed by atoms with Crippen LogP contribution in [-0.4, -0.2) is 16.4 Å². The van der Waals surface area contributed by atoms with Crippen LogP contribution in [0.4, 0.5) is 0 Å². The topological polar surface area (TPSA) is 27.1 Å². The summed E-state index contributed by atoms with van der Waals surface area (Å²) in [6, 6.07) is 0. The number of ether oxygens (including phenoxy) is 1. The van der Waals surface area contributed by atoms with E-state index in [1.807, 2.05) is 10.9 Å². The summed E-state index contributed by atoms with van der Waals surface area (Å²) in [4.78, 5) is 0. The summed E-state index contributed by atoms with van der Waals surface area (Å²) >= 11 is 0. The molecule has 0 spiro atoms. The lowest BCUT2D eigenvalue weighted by atomic mass is 10.2. The molecule has 0 unspecified atom stereocenters. The number of fused-ring (bicyclic) bond motifs is 1. The van der Waals surface area contributed by atoms with E-state index >= 15 is 0 Å². The first-order valence-corrected chi connectivity index (χ1v) is 4.03. The summed E-state index contributed by atoms with van der Waals surface area (Å²) < 4.78 is 7.38. The van der Waals surface area contributed by atoms with Crippen molar-refractivity contribution in [2.24, 2.45) is 0 Å². The maximum absolute atomic E-state index is 5.34. The molecule has 3 heteroatoms. The maximum atomic E-state index is 5.34. The van der Waals surface area contributed by atoms with E-state index in [0.717, 1.165) is 26.2 Å². The van der Waals surface area contributed by atoms with E-state index in [-0.39, 0.29) is 0 Å². The molecule has 0 N–H and O–H groups in total. The van der Waals surface area contributed by atoms with Crippen LogP contribution >= 0.6 is 0 Å². The van der Waals surface area contributed by atoms with Gasteiger partial charge in [-0.25, -0.2) is 0 Å². The standard InChI is InChI=1S/C8H12N2O/c1-2-7-5-9-10-3-4-11-6-8(7)10/h5H,2-4,6H2,1H3. The van der Waals surface area contributed by atoms with Crippen LogP contribution in [0, 0.1) is 0 Å². The quantitative estimate of drug-likeness (QED) is 0.599. The Kier molecular flexibility index (Phi) is 1.66. The van der Waals surface area contributed by atoms with E-state index in [9.17, 15) is 0 Å². The zero-order valence-electron chi connectivity index (χ0n) is 6.71. The molecular formula is C8H12N2O. The van der Waals surface area contributed by atoms with E-state index in [1.54, 1.807) is 0 Å². The van der Waals surface area contributed by atoms with Gasteiger partial charge in [-0.2, -0.15) is 5.10 Å². The molecule has 3 nitrogen and oxygen atoms in total. The van der Waals surface area contributed by atoms with Gasteiger partial charge in [-0.05, 0) is 12.0 Å². The minimum absolute atomic E-state index is 0.739. The molecule has 0 aliphatic carbocycles. The number of aryl methyl sites for hydroxylation is 1. The largest absolute Gasteiger partial charge is 0.373 e. The zero-order chi connectivity index (χ0) is 7.68. The fourth-order valence-corrected chi connectivity index (χ4v) is 1.42. The highest BCUT2D eigenvalue weighted by molar-refractivity contribution is 5.17. The maximum Gasteiger partial charge on any atom is 0.0888 e. The van der Waals surface area contributed by atoms with Crippen LogP contribution in [0.1, 0.15) is 18.2 Å². The van der Waals surface area contributed by atoms with Gasteiger partial charge < -0.3 is 4.74 Å². The molecule has 1 aromatic rings. The fraction of sp³-hybridized carbons (Fsp3) is 0.625. The van der Waals surface area contributed by atoms with Gasteiger partial charge >= 0.3 is 0 Å². The van der Waals surface area contributed by atoms with Gasteiger partial charge in [0.25, 0.3) is 0 Å². The van der Waals surface area contributed by atoms with Crippen molar-refractivity contribution in [1.29, 1.82) is 0 Å². The van der Waals surface area contributed by atoms with Crippen LogP contribution in [0.15, 0.2) is 6.20 Å². The molecule has 60 valence electrons. The molecule has 11 heavy (non-hydrogen) atoms. The molecule has 1 aromatic heterocycles. The van der Waals surface area contributed by atoms with Crippen molar-refractivity contribution in [3.8, 4) is 0 Å². The van der Waals surface area contributed by atoms with E-state index in [4.69, 9.17) is 4.74 Å². The summed E-state index contributed by atoms with van der Waals surface area (Å²) in [6.45, 7) is 4.60. The van der Waals surface area contributed by atoms with Crippen molar-refractivity contribution < 1.29 is 4.74 Å². The van der Waals surface area contributed by atoms with Gasteiger partial charge in [0.05, 0.1) is 31.6 Å². The highest BCUT2D eigenvalue weighted by atomic mass is 16.5. The monoisotopic (exact) mass is 152 g/mol. The molecular weight excluding hydrogens is 140 g/mol. The fourth-order valence-electron chi connectivity index (χ4n) is 1.42. The van der Waals surface area contributed by atoms with Crippen LogP contribution in [0.3, 0.4) is 0 Å². The first-order valence-electron chi connectivity index (χ1n) is 4.03. The first-order chi connectivity index (χ1) is 5.42. The lowest BCUT2D eigenvalue weighted by Crippen LogP contribution is -2.17. The third kappa shape index (κ3) is 1.05. The summed E-state index contributed by atoms with van der Waals surface area (Å²) in [5.41, 5.74) is 2.59. The molecule has 2 heterocycles. The van der Waals surface area contributed by atoms with Crippen molar-refractivity contribution in [2.75, 3.05) is 6.61 Å². The van der Waals surface area contributed by atoms with Crippen molar-refractivity contribution in [2.45, 2.75) is 26.5 Å². The summed E-state index contributed by atoms with van der Waals surface area (Å²) in [6.07, 6.45) is 3.00. The van der Waals surface area contributed by atoms with E-state index in [2.05, 4.69) is 12.0 Å². The predicted octanol–water partition coefficient (Wildman–Crippen LogP) is 0.976. The van der Waals surface area contributed by atoms with Crippen LogP contribution in [0.25, 0.3) is 0 Å². The Morgan fingerprint density at radius 2 is 2.64 bits per heavy atom. The molecule has 0 aromatic carbocycles. The van der Waals surface area contributed by atoms with Crippen LogP contribution in [-0.2, 0) is 24.3 Å². The Hall–Kier alpha value is -0.830. The van der Waals surface area contributed by atoms with E-state index in [0.29, 0.717) is 0 Å². The van der Waals surface area contributed by atoms with E-state index < -0.39 is 0 Å². The number of aromatic nitrogens is 2. The summed E-state index contributed by atoms with van der Waals surface area (Å²) in [5.74, 6) is 0. The average molecular weight is 152 g/mol. The molecule has 0 saturated carbocycles. The second-order valence-corrected chi connectivity index (χ2v) is 2.75. The highest BCUT2D eigenvalue weighted by Gasteiger charge is 2.12. The van der Waals surface area contributed by atoms with Crippen molar-refractivity contribution in [3.63, 3.8) is 0 Å². The average Bonchev–Trinajstić information content (AvgIpc) is 2.47. The molecule has 0 atom stereocenters. The van der Waals surface area contributed by atoms with Gasteiger partial charge in [-0.3, -0.25) is 4.68 Å². The van der Waals surface area contributed by atoms with Crippen LogP contribution in [0.5, 0.6) is 0 Å². The highest BCUT2D eigenvalue weighted by Crippen LogP contribution is 2.13. The minimum Gasteiger partial charge on any atom is -0.373 e. The molecule has 0 amide bonds. The van der Waals surface area contributed by atoms with Crippen molar-refractivity contribution >= 4 is 0 Å². The van der Waals surface area contributed by atoms with Gasteiger partial charge in [-0.15, -0.1) is 0 Å².